The monoisotopic (exact) mass is 246 g/mol. The van der Waals surface area contributed by atoms with Crippen LogP contribution in [0.25, 0.3) is 0 Å². The van der Waals surface area contributed by atoms with Crippen molar-refractivity contribution in [2.45, 2.75) is 23.5 Å². The van der Waals surface area contributed by atoms with E-state index < -0.39 is 0 Å². The minimum Gasteiger partial charge on any atom is -0.329 e. The van der Waals surface area contributed by atoms with Crippen LogP contribution in [0.2, 0.25) is 0 Å². The first-order valence-corrected chi connectivity index (χ1v) is 6.54. The van der Waals surface area contributed by atoms with Crippen LogP contribution in [0.15, 0.2) is 29.2 Å². The van der Waals surface area contributed by atoms with Gasteiger partial charge in [-0.05, 0) is 25.0 Å². The first kappa shape index (κ1) is 12.0. The van der Waals surface area contributed by atoms with Crippen LogP contribution >= 0.6 is 11.8 Å². The zero-order chi connectivity index (χ0) is 12.3. The average Bonchev–Trinajstić information content (AvgIpc) is 2.78. The van der Waals surface area contributed by atoms with Gasteiger partial charge in [-0.15, -0.1) is 11.8 Å². The Labute approximate surface area is 105 Å². The van der Waals surface area contributed by atoms with Gasteiger partial charge >= 0.3 is 0 Å². The SMILES string of the molecule is CCN(CC#N)C(=O)C1Cc2ccccc2S1. The Morgan fingerprint density at radius 3 is 3.00 bits per heavy atom. The molecule has 1 atom stereocenters. The lowest BCUT2D eigenvalue weighted by Crippen LogP contribution is -2.37. The molecule has 0 fully saturated rings. The second-order valence-electron chi connectivity index (χ2n) is 3.93. The number of carbonyl (C=O) groups excluding carboxylic acids is 1. The fraction of sp³-hybridized carbons (Fsp3) is 0.385. The molecule has 17 heavy (non-hydrogen) atoms. The van der Waals surface area contributed by atoms with Crippen molar-refractivity contribution >= 4 is 17.7 Å². The first-order valence-electron chi connectivity index (χ1n) is 5.66. The van der Waals surface area contributed by atoms with Gasteiger partial charge in [0, 0.05) is 11.4 Å². The van der Waals surface area contributed by atoms with Gasteiger partial charge in [-0.25, -0.2) is 0 Å². The second-order valence-corrected chi connectivity index (χ2v) is 5.17. The van der Waals surface area contributed by atoms with Gasteiger partial charge in [-0.1, -0.05) is 18.2 Å². The van der Waals surface area contributed by atoms with Crippen LogP contribution in [0.5, 0.6) is 0 Å². The molecular weight excluding hydrogens is 232 g/mol. The Morgan fingerprint density at radius 1 is 1.59 bits per heavy atom. The summed E-state index contributed by atoms with van der Waals surface area (Å²) >= 11 is 1.61. The van der Waals surface area contributed by atoms with Gasteiger partial charge in [0.15, 0.2) is 0 Å². The summed E-state index contributed by atoms with van der Waals surface area (Å²) < 4.78 is 0. The predicted molar refractivity (Wildman–Crippen MR) is 67.7 cm³/mol. The molecule has 0 bridgehead atoms. The molecule has 0 saturated carbocycles. The molecule has 0 aliphatic carbocycles. The number of thioether (sulfide) groups is 1. The van der Waals surface area contributed by atoms with Gasteiger partial charge in [0.05, 0.1) is 11.3 Å². The van der Waals surface area contributed by atoms with Crippen molar-refractivity contribution in [3.05, 3.63) is 29.8 Å². The van der Waals surface area contributed by atoms with Crippen LogP contribution in [0.4, 0.5) is 0 Å². The Kier molecular flexibility index (Phi) is 3.70. The normalized spacial score (nSPS) is 17.3. The van der Waals surface area contributed by atoms with Crippen molar-refractivity contribution in [2.24, 2.45) is 0 Å². The largest absolute Gasteiger partial charge is 0.329 e. The molecule has 1 amide bonds. The van der Waals surface area contributed by atoms with E-state index in [0.717, 1.165) is 6.42 Å². The molecule has 1 aliphatic rings. The summed E-state index contributed by atoms with van der Waals surface area (Å²) in [7, 11) is 0. The van der Waals surface area contributed by atoms with Gasteiger partial charge in [-0.3, -0.25) is 4.79 Å². The van der Waals surface area contributed by atoms with Crippen molar-refractivity contribution in [3.63, 3.8) is 0 Å². The summed E-state index contributed by atoms with van der Waals surface area (Å²) in [5, 5.41) is 8.63. The van der Waals surface area contributed by atoms with E-state index >= 15 is 0 Å². The fourth-order valence-corrected chi connectivity index (χ4v) is 3.23. The molecule has 0 N–H and O–H groups in total. The Balaban J connectivity index is 2.08. The summed E-state index contributed by atoms with van der Waals surface area (Å²) in [6.07, 6.45) is 0.779. The zero-order valence-electron chi connectivity index (χ0n) is 9.72. The third kappa shape index (κ3) is 2.45. The molecule has 1 aromatic rings. The van der Waals surface area contributed by atoms with Crippen molar-refractivity contribution in [3.8, 4) is 6.07 Å². The zero-order valence-corrected chi connectivity index (χ0v) is 10.5. The van der Waals surface area contributed by atoms with E-state index in [1.165, 1.54) is 10.5 Å². The number of nitrogens with zero attached hydrogens (tertiary/aromatic N) is 2. The van der Waals surface area contributed by atoms with Crippen LogP contribution in [-0.4, -0.2) is 29.1 Å². The molecule has 1 unspecified atom stereocenters. The first-order chi connectivity index (χ1) is 8.26. The molecule has 0 radical (unpaired) electrons. The molecule has 0 saturated heterocycles. The highest BCUT2D eigenvalue weighted by atomic mass is 32.2. The maximum atomic E-state index is 12.2. The minimum absolute atomic E-state index is 0.0549. The molecule has 1 aromatic carbocycles. The van der Waals surface area contributed by atoms with Crippen LogP contribution in [-0.2, 0) is 11.2 Å². The summed E-state index contributed by atoms with van der Waals surface area (Å²) in [6, 6.07) is 10.1. The number of hydrogen-bond donors (Lipinski definition) is 0. The smallest absolute Gasteiger partial charge is 0.237 e. The van der Waals surface area contributed by atoms with Gasteiger partial charge in [-0.2, -0.15) is 5.26 Å². The van der Waals surface area contributed by atoms with Gasteiger partial charge < -0.3 is 4.90 Å². The lowest BCUT2D eigenvalue weighted by molar-refractivity contribution is -0.129. The number of hydrogen-bond acceptors (Lipinski definition) is 3. The number of benzene rings is 1. The Bertz CT molecular complexity index is 442. The lowest BCUT2D eigenvalue weighted by atomic mass is 10.1. The highest BCUT2D eigenvalue weighted by Gasteiger charge is 2.30. The summed E-state index contributed by atoms with van der Waals surface area (Å²) in [5.41, 5.74) is 1.24. The number of rotatable bonds is 3. The third-order valence-electron chi connectivity index (χ3n) is 2.88. The maximum absolute atomic E-state index is 12.2. The molecule has 2 rings (SSSR count). The molecule has 1 heterocycles. The second kappa shape index (κ2) is 5.24. The van der Waals surface area contributed by atoms with E-state index in [-0.39, 0.29) is 17.7 Å². The van der Waals surface area contributed by atoms with Gasteiger partial charge in [0.25, 0.3) is 0 Å². The Hall–Kier alpha value is -1.47. The van der Waals surface area contributed by atoms with Crippen molar-refractivity contribution in [2.75, 3.05) is 13.1 Å². The van der Waals surface area contributed by atoms with E-state index in [0.29, 0.717) is 6.54 Å². The molecule has 0 aromatic heterocycles. The molecule has 4 heteroatoms. The van der Waals surface area contributed by atoms with Crippen LogP contribution in [0.3, 0.4) is 0 Å². The number of carbonyl (C=O) groups is 1. The molecule has 1 aliphatic heterocycles. The molecule has 3 nitrogen and oxygen atoms in total. The number of amides is 1. The van der Waals surface area contributed by atoms with Gasteiger partial charge in [0.2, 0.25) is 5.91 Å². The van der Waals surface area contributed by atoms with E-state index in [1.54, 1.807) is 16.7 Å². The van der Waals surface area contributed by atoms with Crippen LogP contribution < -0.4 is 0 Å². The van der Waals surface area contributed by atoms with Crippen LogP contribution in [0, 0.1) is 11.3 Å². The molecule has 88 valence electrons. The predicted octanol–water partition coefficient (Wildman–Crippen LogP) is 2.08. The highest BCUT2D eigenvalue weighted by molar-refractivity contribution is 8.01. The fourth-order valence-electron chi connectivity index (χ4n) is 1.95. The number of nitriles is 1. The van der Waals surface area contributed by atoms with Crippen LogP contribution in [0.1, 0.15) is 12.5 Å². The Morgan fingerprint density at radius 2 is 2.35 bits per heavy atom. The lowest BCUT2D eigenvalue weighted by Gasteiger charge is -2.20. The van der Waals surface area contributed by atoms with Gasteiger partial charge in [0.1, 0.15) is 6.54 Å². The molecule has 0 spiro atoms. The van der Waals surface area contributed by atoms with E-state index in [2.05, 4.69) is 6.07 Å². The summed E-state index contributed by atoms with van der Waals surface area (Å²) in [5.74, 6) is 0.0789. The van der Waals surface area contributed by atoms with E-state index in [9.17, 15) is 4.79 Å². The summed E-state index contributed by atoms with van der Waals surface area (Å²) in [6.45, 7) is 2.69. The van der Waals surface area contributed by atoms with Crippen molar-refractivity contribution < 1.29 is 4.79 Å². The maximum Gasteiger partial charge on any atom is 0.237 e. The molecular formula is C13H14N2OS. The van der Waals surface area contributed by atoms with Crippen molar-refractivity contribution in [1.82, 2.24) is 4.90 Å². The third-order valence-corrected chi connectivity index (χ3v) is 4.18. The minimum atomic E-state index is -0.0549. The van der Waals surface area contributed by atoms with Crippen molar-refractivity contribution in [1.29, 1.82) is 5.26 Å². The van der Waals surface area contributed by atoms with E-state index in [4.69, 9.17) is 5.26 Å². The standard InChI is InChI=1S/C13H14N2OS/c1-2-15(8-7-14)13(16)12-9-10-5-3-4-6-11(10)17-12/h3-6,12H,2,8-9H2,1H3. The quantitative estimate of drug-likeness (QED) is 0.767. The number of fused-ring (bicyclic) bond motifs is 1. The highest BCUT2D eigenvalue weighted by Crippen LogP contribution is 2.37. The topological polar surface area (TPSA) is 44.1 Å². The van der Waals surface area contributed by atoms with E-state index in [1.807, 2.05) is 31.2 Å². The summed E-state index contributed by atoms with van der Waals surface area (Å²) in [4.78, 5) is 15.0. The average molecular weight is 246 g/mol.